The Hall–Kier alpha value is -1.83. The molecule has 146 valence electrons. The van der Waals surface area contributed by atoms with Gasteiger partial charge in [-0.25, -0.2) is 0 Å². The molecule has 0 aliphatic carbocycles. The maximum atomic E-state index is 5.80. The molecule has 0 saturated carbocycles. The van der Waals surface area contributed by atoms with Crippen molar-refractivity contribution in [3.05, 3.63) is 47.0 Å². The quantitative estimate of drug-likeness (QED) is 0.259. The van der Waals surface area contributed by atoms with Gasteiger partial charge in [0.2, 0.25) is 0 Å². The van der Waals surface area contributed by atoms with Gasteiger partial charge in [0.1, 0.15) is 6.61 Å². The minimum absolute atomic E-state index is 0.346. The molecule has 0 aromatic rings. The van der Waals surface area contributed by atoms with Gasteiger partial charge in [0.15, 0.2) is 0 Å². The first-order chi connectivity index (χ1) is 12.5. The maximum absolute atomic E-state index is 5.80. The summed E-state index contributed by atoms with van der Waals surface area (Å²) in [7, 11) is 2.12. The fraction of sp³-hybridized carbons (Fsp3) is 0.524. The lowest BCUT2D eigenvalue weighted by molar-refractivity contribution is 0.202. The fourth-order valence-electron chi connectivity index (χ4n) is 2.60. The molecular formula is C21H34ClN3O. The number of halogens is 1. The number of nitrogens with two attached hydrogens (primary N) is 1. The van der Waals surface area contributed by atoms with Crippen LogP contribution in [0.5, 0.6) is 0 Å². The van der Waals surface area contributed by atoms with Crippen molar-refractivity contribution >= 4 is 11.6 Å². The van der Waals surface area contributed by atoms with E-state index in [1.807, 2.05) is 0 Å². The van der Waals surface area contributed by atoms with Crippen molar-refractivity contribution in [1.82, 2.24) is 10.2 Å². The highest BCUT2D eigenvalue weighted by Gasteiger charge is 2.10. The van der Waals surface area contributed by atoms with Crippen LogP contribution in [0.15, 0.2) is 47.0 Å². The van der Waals surface area contributed by atoms with Gasteiger partial charge in [0, 0.05) is 25.2 Å². The zero-order valence-corrected chi connectivity index (χ0v) is 17.0. The van der Waals surface area contributed by atoms with Gasteiger partial charge in [-0.1, -0.05) is 31.2 Å². The molecule has 0 aromatic carbocycles. The van der Waals surface area contributed by atoms with Crippen LogP contribution < -0.4 is 11.1 Å². The molecule has 5 heteroatoms. The standard InChI is InChI=1S/C19H32ClN3O.C2H2/c1-4-13-23(3)14-16(2)22-12-6-8-18-11-10-17(15-24-18)7-5-9-19(20)21;1-2/h7-9,22H,2,4-6,10-15,21H2,1,3H3;1-2H/b17-7+,18-8+,19-9+;. The zero-order valence-electron chi connectivity index (χ0n) is 16.3. The molecule has 1 heterocycles. The molecule has 0 unspecified atom stereocenters. The van der Waals surface area contributed by atoms with Gasteiger partial charge in [0.05, 0.1) is 10.9 Å². The van der Waals surface area contributed by atoms with Gasteiger partial charge in [-0.3, -0.25) is 0 Å². The smallest absolute Gasteiger partial charge is 0.109 e. The highest BCUT2D eigenvalue weighted by Crippen LogP contribution is 2.21. The van der Waals surface area contributed by atoms with Crippen LogP contribution in [0, 0.1) is 12.8 Å². The highest BCUT2D eigenvalue weighted by molar-refractivity contribution is 6.28. The molecule has 1 rings (SSSR count). The summed E-state index contributed by atoms with van der Waals surface area (Å²) in [6.45, 7) is 9.83. The van der Waals surface area contributed by atoms with Crippen LogP contribution >= 0.6 is 11.6 Å². The summed E-state index contributed by atoms with van der Waals surface area (Å²) in [5.74, 6) is 1.09. The minimum atomic E-state index is 0.346. The average Bonchev–Trinajstić information content (AvgIpc) is 2.61. The molecule has 1 saturated heterocycles. The number of ether oxygens (including phenoxy) is 1. The fourth-order valence-corrected chi connectivity index (χ4v) is 2.69. The number of hydrogen-bond acceptors (Lipinski definition) is 4. The Morgan fingerprint density at radius 2 is 2.12 bits per heavy atom. The van der Waals surface area contributed by atoms with Crippen LogP contribution in [0.4, 0.5) is 0 Å². The predicted octanol–water partition coefficient (Wildman–Crippen LogP) is 4.12. The monoisotopic (exact) mass is 379 g/mol. The van der Waals surface area contributed by atoms with Crippen molar-refractivity contribution in [2.75, 3.05) is 33.3 Å². The molecule has 0 atom stereocenters. The van der Waals surface area contributed by atoms with Gasteiger partial charge in [-0.2, -0.15) is 0 Å². The Kier molecular flexibility index (Phi) is 14.3. The van der Waals surface area contributed by atoms with Crippen molar-refractivity contribution < 1.29 is 4.74 Å². The van der Waals surface area contributed by atoms with Crippen molar-refractivity contribution in [3.63, 3.8) is 0 Å². The molecule has 0 aromatic heterocycles. The summed E-state index contributed by atoms with van der Waals surface area (Å²) in [4.78, 5) is 2.28. The summed E-state index contributed by atoms with van der Waals surface area (Å²) in [6.07, 6.45) is 19.0. The Bertz CT molecular complexity index is 505. The number of nitrogens with zero attached hydrogens (tertiary/aromatic N) is 1. The van der Waals surface area contributed by atoms with Crippen molar-refractivity contribution in [2.24, 2.45) is 5.73 Å². The Morgan fingerprint density at radius 1 is 1.38 bits per heavy atom. The normalized spacial score (nSPS) is 17.5. The summed E-state index contributed by atoms with van der Waals surface area (Å²) < 4.78 is 5.80. The largest absolute Gasteiger partial charge is 0.494 e. The molecule has 3 N–H and O–H groups in total. The lowest BCUT2D eigenvalue weighted by Gasteiger charge is -2.20. The molecular weight excluding hydrogens is 346 g/mol. The molecule has 1 aliphatic heterocycles. The average molecular weight is 380 g/mol. The Labute approximate surface area is 164 Å². The number of hydrogen-bond donors (Lipinski definition) is 2. The zero-order chi connectivity index (χ0) is 19.8. The van der Waals surface area contributed by atoms with Crippen LogP contribution in [0.25, 0.3) is 0 Å². The van der Waals surface area contributed by atoms with E-state index in [0.29, 0.717) is 11.8 Å². The number of rotatable bonds is 10. The number of nitrogens with one attached hydrogen (secondary N) is 1. The second-order valence-corrected chi connectivity index (χ2v) is 6.64. The third-order valence-electron chi connectivity index (χ3n) is 3.81. The minimum Gasteiger partial charge on any atom is -0.494 e. The van der Waals surface area contributed by atoms with E-state index in [1.54, 1.807) is 6.08 Å². The SMILES string of the molecule is C#C.C=C(CN(C)CCC)NCC/C=C1\CC/C(=C\C/C=C(/N)Cl)CO1. The van der Waals surface area contributed by atoms with Gasteiger partial charge in [0.25, 0.3) is 0 Å². The third kappa shape index (κ3) is 12.5. The first-order valence-corrected chi connectivity index (χ1v) is 9.43. The van der Waals surface area contributed by atoms with Gasteiger partial charge in [-0.15, -0.1) is 12.8 Å². The summed E-state index contributed by atoms with van der Waals surface area (Å²) >= 11 is 5.61. The molecule has 1 aliphatic rings. The first kappa shape index (κ1) is 24.2. The molecule has 0 spiro atoms. The highest BCUT2D eigenvalue weighted by atomic mass is 35.5. The lowest BCUT2D eigenvalue weighted by Crippen LogP contribution is -2.27. The van der Waals surface area contributed by atoms with Crippen molar-refractivity contribution in [2.45, 2.75) is 39.0 Å². The summed E-state index contributed by atoms with van der Waals surface area (Å²) in [5.41, 5.74) is 7.79. The molecule has 1 fully saturated rings. The maximum Gasteiger partial charge on any atom is 0.109 e. The van der Waals surface area contributed by atoms with E-state index in [2.05, 4.69) is 55.8 Å². The second kappa shape index (κ2) is 15.4. The molecule has 0 bridgehead atoms. The van der Waals surface area contributed by atoms with Crippen LogP contribution in [0.2, 0.25) is 0 Å². The topological polar surface area (TPSA) is 50.5 Å². The molecule has 0 amide bonds. The van der Waals surface area contributed by atoms with E-state index in [9.17, 15) is 0 Å². The van der Waals surface area contributed by atoms with E-state index in [4.69, 9.17) is 22.1 Å². The molecule has 4 nitrogen and oxygen atoms in total. The predicted molar refractivity (Wildman–Crippen MR) is 114 cm³/mol. The van der Waals surface area contributed by atoms with Crippen LogP contribution in [0.1, 0.15) is 39.0 Å². The molecule has 0 radical (unpaired) electrons. The van der Waals surface area contributed by atoms with Crippen molar-refractivity contribution in [3.8, 4) is 12.8 Å². The van der Waals surface area contributed by atoms with E-state index in [0.717, 1.165) is 56.8 Å². The molecule has 26 heavy (non-hydrogen) atoms. The lowest BCUT2D eigenvalue weighted by atomic mass is 10.1. The second-order valence-electron chi connectivity index (χ2n) is 6.20. The summed E-state index contributed by atoms with van der Waals surface area (Å²) in [5, 5.41) is 3.73. The Morgan fingerprint density at radius 3 is 2.69 bits per heavy atom. The first-order valence-electron chi connectivity index (χ1n) is 9.05. The summed E-state index contributed by atoms with van der Waals surface area (Å²) in [6, 6.07) is 0. The van der Waals surface area contributed by atoms with E-state index < -0.39 is 0 Å². The van der Waals surface area contributed by atoms with E-state index in [1.165, 1.54) is 12.0 Å². The number of allylic oxidation sites excluding steroid dienone is 3. The Balaban J connectivity index is 0.00000301. The van der Waals surface area contributed by atoms with Gasteiger partial charge in [-0.05, 0) is 57.0 Å². The van der Waals surface area contributed by atoms with Gasteiger partial charge < -0.3 is 20.7 Å². The third-order valence-corrected chi connectivity index (χ3v) is 3.97. The van der Waals surface area contributed by atoms with Crippen LogP contribution in [-0.2, 0) is 4.74 Å². The number of likely N-dealkylation sites (N-methyl/N-ethyl adjacent to an activating group) is 1. The van der Waals surface area contributed by atoms with Crippen LogP contribution in [-0.4, -0.2) is 38.2 Å². The van der Waals surface area contributed by atoms with Crippen molar-refractivity contribution in [1.29, 1.82) is 0 Å². The van der Waals surface area contributed by atoms with Gasteiger partial charge >= 0.3 is 0 Å². The van der Waals surface area contributed by atoms with E-state index >= 15 is 0 Å². The number of terminal acetylenes is 1. The van der Waals surface area contributed by atoms with Crippen LogP contribution in [0.3, 0.4) is 0 Å². The van der Waals surface area contributed by atoms with E-state index in [-0.39, 0.29) is 0 Å².